The molecular weight excluding hydrogens is 310 g/mol. The minimum absolute atomic E-state index is 0.0184. The summed E-state index contributed by atoms with van der Waals surface area (Å²) in [5.41, 5.74) is 5.89. The second-order valence-corrected chi connectivity index (χ2v) is 4.70. The molecule has 0 aromatic heterocycles. The van der Waals surface area contributed by atoms with Gasteiger partial charge in [0, 0.05) is 17.2 Å². The Kier molecular flexibility index (Phi) is 5.26. The zero-order chi connectivity index (χ0) is 17.5. The van der Waals surface area contributed by atoms with Crippen LogP contribution in [-0.4, -0.2) is 23.3 Å². The Hall–Kier alpha value is -3.66. The number of nitrogens with one attached hydrogen (secondary N) is 1. The van der Waals surface area contributed by atoms with Gasteiger partial charge in [-0.2, -0.15) is 0 Å². The molecule has 0 bridgehead atoms. The van der Waals surface area contributed by atoms with Crippen LogP contribution < -0.4 is 11.1 Å². The minimum Gasteiger partial charge on any atom is -0.366 e. The highest BCUT2D eigenvalue weighted by molar-refractivity contribution is 5.98. The number of benzene rings is 2. The second-order valence-electron chi connectivity index (χ2n) is 4.70. The lowest BCUT2D eigenvalue weighted by Crippen LogP contribution is -2.24. The van der Waals surface area contributed by atoms with Crippen LogP contribution in [-0.2, 0) is 0 Å². The van der Waals surface area contributed by atoms with Gasteiger partial charge >= 0.3 is 0 Å². The van der Waals surface area contributed by atoms with Crippen molar-refractivity contribution >= 4 is 17.5 Å². The van der Waals surface area contributed by atoms with Gasteiger partial charge in [-0.3, -0.25) is 19.7 Å². The van der Waals surface area contributed by atoms with Gasteiger partial charge in [-0.05, 0) is 30.3 Å². The molecule has 0 saturated heterocycles. The van der Waals surface area contributed by atoms with E-state index in [0.717, 1.165) is 0 Å². The van der Waals surface area contributed by atoms with E-state index in [9.17, 15) is 19.7 Å². The van der Waals surface area contributed by atoms with Crippen LogP contribution in [0, 0.1) is 22.0 Å². The number of carbonyl (C=O) groups is 2. The minimum atomic E-state index is -0.610. The third kappa shape index (κ3) is 4.18. The predicted octanol–water partition coefficient (Wildman–Crippen LogP) is 1.48. The molecule has 2 aromatic carbocycles. The van der Waals surface area contributed by atoms with Gasteiger partial charge in [-0.15, -0.1) is 0 Å². The molecule has 0 saturated carbocycles. The largest absolute Gasteiger partial charge is 0.366 e. The first-order valence-electron chi connectivity index (χ1n) is 6.89. The van der Waals surface area contributed by atoms with Crippen LogP contribution in [0.25, 0.3) is 0 Å². The predicted molar refractivity (Wildman–Crippen MR) is 87.3 cm³/mol. The number of rotatable bonds is 4. The fourth-order valence-corrected chi connectivity index (χ4v) is 1.91. The smallest absolute Gasteiger partial charge is 0.282 e. The number of nitro benzene ring substituents is 1. The maximum absolute atomic E-state index is 12.0. The molecule has 0 atom stereocenters. The maximum Gasteiger partial charge on any atom is 0.282 e. The summed E-state index contributed by atoms with van der Waals surface area (Å²) in [5.74, 6) is 4.45. The van der Waals surface area contributed by atoms with Crippen LogP contribution in [0.3, 0.4) is 0 Å². The lowest BCUT2D eigenvalue weighted by atomic mass is 10.1. The summed E-state index contributed by atoms with van der Waals surface area (Å²) in [5, 5.41) is 13.4. The molecule has 2 amide bonds. The van der Waals surface area contributed by atoms with Gasteiger partial charge in [-0.25, -0.2) is 0 Å². The summed E-state index contributed by atoms with van der Waals surface area (Å²) in [7, 11) is 0. The quantitative estimate of drug-likeness (QED) is 0.503. The van der Waals surface area contributed by atoms with E-state index in [1.54, 1.807) is 30.3 Å². The number of primary amides is 1. The Balaban J connectivity index is 1.99. The molecule has 0 unspecified atom stereocenters. The highest BCUT2D eigenvalue weighted by Gasteiger charge is 2.18. The zero-order valence-electron chi connectivity index (χ0n) is 12.5. The van der Waals surface area contributed by atoms with Crippen molar-refractivity contribution in [3.8, 4) is 11.8 Å². The van der Waals surface area contributed by atoms with Crippen molar-refractivity contribution in [3.05, 3.63) is 75.3 Å². The van der Waals surface area contributed by atoms with Crippen LogP contribution in [0.4, 0.5) is 5.69 Å². The van der Waals surface area contributed by atoms with E-state index >= 15 is 0 Å². The average Bonchev–Trinajstić information content (AvgIpc) is 2.58. The van der Waals surface area contributed by atoms with Crippen molar-refractivity contribution in [2.45, 2.75) is 0 Å². The van der Waals surface area contributed by atoms with E-state index in [1.165, 1.54) is 18.2 Å². The first kappa shape index (κ1) is 16.7. The fraction of sp³-hybridized carbons (Fsp3) is 0.0588. The van der Waals surface area contributed by atoms with Crippen LogP contribution in [0.15, 0.2) is 48.5 Å². The van der Waals surface area contributed by atoms with Crippen molar-refractivity contribution in [2.75, 3.05) is 6.54 Å². The SMILES string of the molecule is NC(=O)c1ccc(C#CCNC(=O)c2ccccc2[N+](=O)[O-])cc1. The number of carbonyl (C=O) groups excluding carboxylic acids is 2. The van der Waals surface area contributed by atoms with Crippen LogP contribution >= 0.6 is 0 Å². The number of hydrogen-bond donors (Lipinski definition) is 2. The first-order valence-corrected chi connectivity index (χ1v) is 6.89. The summed E-state index contributed by atoms with van der Waals surface area (Å²) in [6.07, 6.45) is 0. The molecule has 2 rings (SSSR count). The van der Waals surface area contributed by atoms with Gasteiger partial charge in [0.25, 0.3) is 11.6 Å². The summed E-state index contributed by atoms with van der Waals surface area (Å²) in [4.78, 5) is 33.2. The number of hydrogen-bond acceptors (Lipinski definition) is 4. The zero-order valence-corrected chi connectivity index (χ0v) is 12.5. The average molecular weight is 323 g/mol. The number of nitro groups is 1. The molecule has 0 spiro atoms. The molecule has 2 aromatic rings. The molecule has 0 fully saturated rings. The standard InChI is InChI=1S/C17H13N3O4/c18-16(21)13-9-7-12(8-10-13)4-3-11-19-17(22)14-5-1-2-6-15(14)20(23)24/h1-2,5-10H,11H2,(H2,18,21)(H,19,22). The Morgan fingerprint density at radius 3 is 2.42 bits per heavy atom. The summed E-state index contributed by atoms with van der Waals surface area (Å²) >= 11 is 0. The molecule has 3 N–H and O–H groups in total. The first-order chi connectivity index (χ1) is 11.5. The third-order valence-corrected chi connectivity index (χ3v) is 3.08. The van der Waals surface area contributed by atoms with Gasteiger partial charge in [0.2, 0.25) is 5.91 Å². The molecule has 0 radical (unpaired) electrons. The number of nitrogens with zero attached hydrogens (tertiary/aromatic N) is 1. The summed E-state index contributed by atoms with van der Waals surface area (Å²) in [6, 6.07) is 12.1. The monoisotopic (exact) mass is 323 g/mol. The van der Waals surface area contributed by atoms with Crippen LogP contribution in [0.1, 0.15) is 26.3 Å². The van der Waals surface area contributed by atoms with Crippen LogP contribution in [0.5, 0.6) is 0 Å². The lowest BCUT2D eigenvalue weighted by Gasteiger charge is -2.02. The van der Waals surface area contributed by atoms with Gasteiger partial charge in [0.05, 0.1) is 11.5 Å². The molecule has 120 valence electrons. The maximum atomic E-state index is 12.0. The lowest BCUT2D eigenvalue weighted by molar-refractivity contribution is -0.385. The van der Waals surface area contributed by atoms with Crippen molar-refractivity contribution < 1.29 is 14.5 Å². The Morgan fingerprint density at radius 2 is 1.79 bits per heavy atom. The van der Waals surface area contributed by atoms with Crippen LogP contribution in [0.2, 0.25) is 0 Å². The normalized spacial score (nSPS) is 9.50. The molecule has 7 nitrogen and oxygen atoms in total. The van der Waals surface area contributed by atoms with Gasteiger partial charge in [-0.1, -0.05) is 24.0 Å². The van der Waals surface area contributed by atoms with Crippen molar-refractivity contribution in [3.63, 3.8) is 0 Å². The molecular formula is C17H13N3O4. The number of amides is 2. The molecule has 24 heavy (non-hydrogen) atoms. The van der Waals surface area contributed by atoms with Crippen molar-refractivity contribution in [2.24, 2.45) is 5.73 Å². The van der Waals surface area contributed by atoms with E-state index in [0.29, 0.717) is 11.1 Å². The van der Waals surface area contributed by atoms with Gasteiger partial charge in [0.1, 0.15) is 5.56 Å². The highest BCUT2D eigenvalue weighted by atomic mass is 16.6. The van der Waals surface area contributed by atoms with E-state index in [-0.39, 0.29) is 17.8 Å². The fourth-order valence-electron chi connectivity index (χ4n) is 1.91. The summed E-state index contributed by atoms with van der Waals surface area (Å²) < 4.78 is 0. The van der Waals surface area contributed by atoms with Crippen molar-refractivity contribution in [1.82, 2.24) is 5.32 Å². The second kappa shape index (κ2) is 7.56. The van der Waals surface area contributed by atoms with E-state index in [1.807, 2.05) is 0 Å². The Labute approximate surface area is 137 Å². The number of nitrogens with two attached hydrogens (primary N) is 1. The molecule has 7 heteroatoms. The topological polar surface area (TPSA) is 115 Å². The Bertz CT molecular complexity index is 848. The Morgan fingerprint density at radius 1 is 1.12 bits per heavy atom. The third-order valence-electron chi connectivity index (χ3n) is 3.08. The summed E-state index contributed by atoms with van der Waals surface area (Å²) in [6.45, 7) is 0.0302. The van der Waals surface area contributed by atoms with Crippen molar-refractivity contribution in [1.29, 1.82) is 0 Å². The molecule has 0 aliphatic heterocycles. The molecule has 0 aliphatic carbocycles. The molecule has 0 aliphatic rings. The van der Waals surface area contributed by atoms with Gasteiger partial charge in [0.15, 0.2) is 0 Å². The van der Waals surface area contributed by atoms with E-state index < -0.39 is 16.7 Å². The molecule has 0 heterocycles. The van der Waals surface area contributed by atoms with Gasteiger partial charge < -0.3 is 11.1 Å². The van der Waals surface area contributed by atoms with E-state index in [4.69, 9.17) is 5.73 Å². The highest BCUT2D eigenvalue weighted by Crippen LogP contribution is 2.17. The number of para-hydroxylation sites is 1. The van der Waals surface area contributed by atoms with E-state index in [2.05, 4.69) is 17.2 Å².